The summed E-state index contributed by atoms with van der Waals surface area (Å²) in [5.41, 5.74) is 6.58. The van der Waals surface area contributed by atoms with Crippen molar-refractivity contribution in [3.05, 3.63) is 50.7 Å². The number of thiophene rings is 1. The molecule has 1 aromatic carbocycles. The number of benzene rings is 1. The first-order valence-corrected chi connectivity index (χ1v) is 9.69. The van der Waals surface area contributed by atoms with Gasteiger partial charge in [-0.2, -0.15) is 5.21 Å². The summed E-state index contributed by atoms with van der Waals surface area (Å²) in [5.74, 6) is 0.657. The van der Waals surface area contributed by atoms with Crippen LogP contribution in [0.1, 0.15) is 46.5 Å². The van der Waals surface area contributed by atoms with E-state index in [4.69, 9.17) is 0 Å². The molecule has 3 heterocycles. The fourth-order valence-electron chi connectivity index (χ4n) is 3.97. The van der Waals surface area contributed by atoms with Crippen LogP contribution in [0.25, 0.3) is 11.4 Å². The molecule has 25 heavy (non-hydrogen) atoms. The molecule has 0 saturated heterocycles. The molecule has 0 aliphatic carbocycles. The molecule has 1 N–H and O–H groups in total. The molecule has 2 aromatic heterocycles. The van der Waals surface area contributed by atoms with E-state index in [2.05, 4.69) is 69.9 Å². The van der Waals surface area contributed by atoms with Crippen LogP contribution in [-0.4, -0.2) is 32.1 Å². The topological polar surface area (TPSA) is 57.7 Å². The molecule has 6 heteroatoms. The van der Waals surface area contributed by atoms with Gasteiger partial charge >= 0.3 is 0 Å². The predicted octanol–water partition coefficient (Wildman–Crippen LogP) is 4.05. The molecule has 0 radical (unpaired) electrons. The number of tetrazole rings is 1. The molecule has 1 aliphatic heterocycles. The highest BCUT2D eigenvalue weighted by Crippen LogP contribution is 2.37. The van der Waals surface area contributed by atoms with Crippen LogP contribution in [0, 0.1) is 13.8 Å². The first kappa shape index (κ1) is 16.4. The monoisotopic (exact) mass is 353 g/mol. The lowest BCUT2D eigenvalue weighted by Gasteiger charge is -2.36. The van der Waals surface area contributed by atoms with Crippen LogP contribution in [0.4, 0.5) is 0 Å². The lowest BCUT2D eigenvalue weighted by atomic mass is 9.94. The van der Waals surface area contributed by atoms with Crippen LogP contribution < -0.4 is 0 Å². The minimum atomic E-state index is 0.533. The van der Waals surface area contributed by atoms with Crippen molar-refractivity contribution >= 4 is 11.3 Å². The van der Waals surface area contributed by atoms with Crippen molar-refractivity contribution in [3.63, 3.8) is 0 Å². The summed E-state index contributed by atoms with van der Waals surface area (Å²) in [6.07, 6.45) is 2.32. The van der Waals surface area contributed by atoms with Crippen LogP contribution in [0.15, 0.2) is 23.6 Å². The smallest absolute Gasteiger partial charge is 0.204 e. The molecule has 3 aromatic rings. The summed E-state index contributed by atoms with van der Waals surface area (Å²) < 4.78 is 0. The molecule has 0 bridgehead atoms. The van der Waals surface area contributed by atoms with E-state index in [1.807, 2.05) is 11.3 Å². The minimum absolute atomic E-state index is 0.533. The summed E-state index contributed by atoms with van der Waals surface area (Å²) in [6.45, 7) is 8.80. The van der Waals surface area contributed by atoms with E-state index < -0.39 is 0 Å². The van der Waals surface area contributed by atoms with Gasteiger partial charge < -0.3 is 0 Å². The maximum atomic E-state index is 4.10. The van der Waals surface area contributed by atoms with Crippen molar-refractivity contribution in [1.29, 1.82) is 0 Å². The number of nitrogens with zero attached hydrogens (tertiary/aromatic N) is 4. The number of aromatic nitrogens is 4. The van der Waals surface area contributed by atoms with E-state index in [0.29, 0.717) is 11.9 Å². The van der Waals surface area contributed by atoms with Gasteiger partial charge in [0.1, 0.15) is 0 Å². The zero-order chi connectivity index (χ0) is 17.4. The van der Waals surface area contributed by atoms with Gasteiger partial charge in [0.15, 0.2) is 0 Å². The Bertz CT molecular complexity index is 845. The van der Waals surface area contributed by atoms with Gasteiger partial charge in [-0.3, -0.25) is 4.90 Å². The Morgan fingerprint density at radius 1 is 1.28 bits per heavy atom. The Labute approximate surface area is 152 Å². The molecule has 0 fully saturated rings. The summed E-state index contributed by atoms with van der Waals surface area (Å²) >= 11 is 1.91. The maximum Gasteiger partial charge on any atom is 0.204 e. The lowest BCUT2D eigenvalue weighted by Crippen LogP contribution is -2.34. The molecule has 5 nitrogen and oxygen atoms in total. The second kappa shape index (κ2) is 6.69. The highest BCUT2D eigenvalue weighted by Gasteiger charge is 2.27. The average Bonchev–Trinajstić information content (AvgIpc) is 3.28. The van der Waals surface area contributed by atoms with Crippen molar-refractivity contribution in [2.75, 3.05) is 6.54 Å². The number of hydrogen-bond donors (Lipinski definition) is 1. The van der Waals surface area contributed by atoms with Crippen LogP contribution >= 0.6 is 11.3 Å². The van der Waals surface area contributed by atoms with Crippen molar-refractivity contribution in [1.82, 2.24) is 25.5 Å². The van der Waals surface area contributed by atoms with E-state index >= 15 is 0 Å². The van der Waals surface area contributed by atoms with Crippen LogP contribution in [0.3, 0.4) is 0 Å². The number of fused-ring (bicyclic) bond motifs is 1. The van der Waals surface area contributed by atoms with Crippen LogP contribution in [-0.2, 0) is 13.0 Å². The Morgan fingerprint density at radius 3 is 2.76 bits per heavy atom. The Hall–Kier alpha value is -2.05. The van der Waals surface area contributed by atoms with Crippen LogP contribution in [0.5, 0.6) is 0 Å². The first-order chi connectivity index (χ1) is 12.2. The quantitative estimate of drug-likeness (QED) is 0.768. The van der Waals surface area contributed by atoms with Crippen molar-refractivity contribution in [3.8, 4) is 11.4 Å². The van der Waals surface area contributed by atoms with E-state index in [1.54, 1.807) is 4.88 Å². The molecule has 130 valence electrons. The van der Waals surface area contributed by atoms with Gasteiger partial charge in [0.25, 0.3) is 0 Å². The number of H-pyrrole nitrogens is 1. The standard InChI is InChI=1S/C19H23N5S/c1-4-17-15-6-8-25-18(15)5-7-24(17)11-16-12(2)9-14(10-13(16)3)19-20-22-23-21-19/h6,8-10,17H,4-5,7,11H2,1-3H3,(H,20,21,22,23). The molecule has 0 amide bonds. The summed E-state index contributed by atoms with van der Waals surface area (Å²) in [5, 5.41) is 16.6. The zero-order valence-electron chi connectivity index (χ0n) is 14.9. The van der Waals surface area contributed by atoms with Crippen molar-refractivity contribution in [2.45, 2.75) is 46.2 Å². The zero-order valence-corrected chi connectivity index (χ0v) is 15.7. The van der Waals surface area contributed by atoms with E-state index in [9.17, 15) is 0 Å². The van der Waals surface area contributed by atoms with Crippen molar-refractivity contribution in [2.24, 2.45) is 0 Å². The molecule has 0 saturated carbocycles. The fraction of sp³-hybridized carbons (Fsp3) is 0.421. The summed E-state index contributed by atoms with van der Waals surface area (Å²) in [4.78, 5) is 4.21. The largest absolute Gasteiger partial charge is 0.292 e. The molecule has 4 rings (SSSR count). The number of nitrogens with one attached hydrogen (secondary N) is 1. The van der Waals surface area contributed by atoms with E-state index in [0.717, 1.165) is 25.1 Å². The van der Waals surface area contributed by atoms with Gasteiger partial charge in [-0.25, -0.2) is 0 Å². The average molecular weight is 353 g/mol. The van der Waals surface area contributed by atoms with Gasteiger partial charge in [-0.05, 0) is 77.7 Å². The van der Waals surface area contributed by atoms with E-state index in [-0.39, 0.29) is 0 Å². The summed E-state index contributed by atoms with van der Waals surface area (Å²) in [7, 11) is 0. The molecular formula is C19H23N5S. The molecule has 0 spiro atoms. The third-order valence-electron chi connectivity index (χ3n) is 5.25. The first-order valence-electron chi connectivity index (χ1n) is 8.81. The highest BCUT2D eigenvalue weighted by molar-refractivity contribution is 7.10. The maximum absolute atomic E-state index is 4.10. The Balaban J connectivity index is 1.63. The van der Waals surface area contributed by atoms with Gasteiger partial charge in [-0.15, -0.1) is 21.5 Å². The normalized spacial score (nSPS) is 17.6. The summed E-state index contributed by atoms with van der Waals surface area (Å²) in [6, 6.07) is 7.20. The number of rotatable bonds is 4. The molecule has 1 atom stereocenters. The Morgan fingerprint density at radius 2 is 2.08 bits per heavy atom. The van der Waals surface area contributed by atoms with Gasteiger partial charge in [-0.1, -0.05) is 6.92 Å². The van der Waals surface area contributed by atoms with Crippen molar-refractivity contribution < 1.29 is 0 Å². The van der Waals surface area contributed by atoms with Gasteiger partial charge in [0.2, 0.25) is 5.82 Å². The minimum Gasteiger partial charge on any atom is -0.292 e. The molecule has 1 unspecified atom stereocenters. The predicted molar refractivity (Wildman–Crippen MR) is 101 cm³/mol. The Kier molecular flexibility index (Phi) is 4.39. The second-order valence-corrected chi connectivity index (χ2v) is 7.77. The number of aryl methyl sites for hydroxylation is 2. The highest BCUT2D eigenvalue weighted by atomic mass is 32.1. The SMILES string of the molecule is CCC1c2ccsc2CCN1Cc1c(C)cc(-c2nn[nH]n2)cc1C. The van der Waals surface area contributed by atoms with Crippen LogP contribution in [0.2, 0.25) is 0 Å². The second-order valence-electron chi connectivity index (χ2n) is 6.77. The van der Waals surface area contributed by atoms with Gasteiger partial charge in [0.05, 0.1) is 0 Å². The third kappa shape index (κ3) is 3.00. The van der Waals surface area contributed by atoms with E-state index in [1.165, 1.54) is 28.7 Å². The van der Waals surface area contributed by atoms with Gasteiger partial charge in [0, 0.05) is 29.6 Å². The number of aromatic amines is 1. The molecule has 1 aliphatic rings. The lowest BCUT2D eigenvalue weighted by molar-refractivity contribution is 0.172. The fourth-order valence-corrected chi connectivity index (χ4v) is 4.90. The third-order valence-corrected chi connectivity index (χ3v) is 6.25. The number of hydrogen-bond acceptors (Lipinski definition) is 5. The molecular weight excluding hydrogens is 330 g/mol.